The van der Waals surface area contributed by atoms with E-state index in [-0.39, 0.29) is 34.7 Å². The Bertz CT molecular complexity index is 1670. The van der Waals surface area contributed by atoms with Crippen molar-refractivity contribution in [2.24, 2.45) is 0 Å². The largest absolute Gasteiger partial charge is 0.504 e. The molecule has 47 heavy (non-hydrogen) atoms. The highest BCUT2D eigenvalue weighted by Gasteiger charge is 2.24. The van der Waals surface area contributed by atoms with Gasteiger partial charge in [-0.05, 0) is 96.0 Å². The maximum atomic E-state index is 11.4. The van der Waals surface area contributed by atoms with Gasteiger partial charge in [0.25, 0.3) is 0 Å². The maximum Gasteiger partial charge on any atom is 0.201 e. The van der Waals surface area contributed by atoms with Crippen molar-refractivity contribution in [1.82, 2.24) is 0 Å². The van der Waals surface area contributed by atoms with Crippen LogP contribution in [0.3, 0.4) is 0 Å². The Morgan fingerprint density at radius 1 is 0.511 bits per heavy atom. The third-order valence-electron chi connectivity index (χ3n) is 8.20. The summed E-state index contributed by atoms with van der Waals surface area (Å²) < 4.78 is 34.3. The predicted molar refractivity (Wildman–Crippen MR) is 183 cm³/mol. The number of rotatable bonds is 15. The van der Waals surface area contributed by atoms with Crippen LogP contribution < -0.4 is 28.4 Å². The van der Waals surface area contributed by atoms with Crippen molar-refractivity contribution in [3.63, 3.8) is 0 Å². The van der Waals surface area contributed by atoms with Crippen molar-refractivity contribution >= 4 is 0 Å². The SMILES string of the molecule is CCCc1cc(OC)c(O)c(-c2cc(CCC)cc(OC)c2Oc2cc(C(C)Cc3cc(OC)c(O)c(OC)c3)cc(OC)c2O)c1. The third-order valence-corrected chi connectivity index (χ3v) is 8.20. The molecule has 0 bridgehead atoms. The average molecular weight is 647 g/mol. The summed E-state index contributed by atoms with van der Waals surface area (Å²) in [5.41, 5.74) is 4.86. The van der Waals surface area contributed by atoms with Crippen LogP contribution in [0.25, 0.3) is 11.1 Å². The number of hydrogen-bond acceptors (Lipinski definition) is 9. The summed E-state index contributed by atoms with van der Waals surface area (Å²) in [4.78, 5) is 0. The molecule has 0 aliphatic carbocycles. The van der Waals surface area contributed by atoms with Gasteiger partial charge in [-0.25, -0.2) is 0 Å². The molecule has 4 aromatic carbocycles. The summed E-state index contributed by atoms with van der Waals surface area (Å²) in [5, 5.41) is 33.1. The van der Waals surface area contributed by atoms with Crippen molar-refractivity contribution in [3.05, 3.63) is 70.8 Å². The van der Waals surface area contributed by atoms with Gasteiger partial charge >= 0.3 is 0 Å². The van der Waals surface area contributed by atoms with Gasteiger partial charge in [-0.2, -0.15) is 0 Å². The quantitative estimate of drug-likeness (QED) is 0.117. The van der Waals surface area contributed by atoms with E-state index >= 15 is 0 Å². The second-order valence-corrected chi connectivity index (χ2v) is 11.5. The number of phenolic OH excluding ortho intramolecular Hbond substituents is 3. The minimum absolute atomic E-state index is 0.0168. The lowest BCUT2D eigenvalue weighted by Gasteiger charge is -2.21. The van der Waals surface area contributed by atoms with E-state index in [4.69, 9.17) is 28.4 Å². The monoisotopic (exact) mass is 646 g/mol. The number of methoxy groups -OCH3 is 5. The molecule has 4 rings (SSSR count). The maximum absolute atomic E-state index is 11.4. The number of aryl methyl sites for hydroxylation is 2. The Kier molecular flexibility index (Phi) is 11.6. The fraction of sp³-hybridized carbons (Fsp3) is 0.368. The van der Waals surface area contributed by atoms with E-state index in [0.29, 0.717) is 46.3 Å². The van der Waals surface area contributed by atoms with Crippen molar-refractivity contribution < 1.29 is 43.7 Å². The molecule has 0 amide bonds. The van der Waals surface area contributed by atoms with Crippen LogP contribution >= 0.6 is 0 Å². The first-order valence-electron chi connectivity index (χ1n) is 15.8. The van der Waals surface area contributed by atoms with E-state index in [1.165, 1.54) is 28.4 Å². The van der Waals surface area contributed by atoms with Gasteiger partial charge in [-0.1, -0.05) is 33.6 Å². The molecule has 0 aliphatic heterocycles. The third kappa shape index (κ3) is 7.56. The number of hydrogen-bond donors (Lipinski definition) is 3. The minimum atomic E-state index is -0.177. The van der Waals surface area contributed by atoms with Gasteiger partial charge in [0.2, 0.25) is 11.5 Å². The van der Waals surface area contributed by atoms with Crippen LogP contribution in [-0.2, 0) is 19.3 Å². The summed E-state index contributed by atoms with van der Waals surface area (Å²) in [6, 6.07) is 14.8. The van der Waals surface area contributed by atoms with Crippen molar-refractivity contribution in [2.45, 2.75) is 58.8 Å². The first-order valence-corrected chi connectivity index (χ1v) is 15.8. The Morgan fingerprint density at radius 2 is 0.936 bits per heavy atom. The van der Waals surface area contributed by atoms with Gasteiger partial charge < -0.3 is 43.7 Å². The zero-order valence-electron chi connectivity index (χ0n) is 28.5. The van der Waals surface area contributed by atoms with Crippen molar-refractivity contribution in [2.75, 3.05) is 35.5 Å². The number of aromatic hydroxyl groups is 3. The second kappa shape index (κ2) is 15.6. The molecule has 1 unspecified atom stereocenters. The van der Waals surface area contributed by atoms with Crippen molar-refractivity contribution in [1.29, 1.82) is 0 Å². The lowest BCUT2D eigenvalue weighted by Crippen LogP contribution is -2.02. The van der Waals surface area contributed by atoms with Crippen LogP contribution in [0.2, 0.25) is 0 Å². The van der Waals surface area contributed by atoms with Gasteiger partial charge in [0.05, 0.1) is 35.5 Å². The highest BCUT2D eigenvalue weighted by atomic mass is 16.5. The smallest absolute Gasteiger partial charge is 0.201 e. The van der Waals surface area contributed by atoms with Gasteiger partial charge in [0.15, 0.2) is 46.0 Å². The molecule has 9 heteroatoms. The van der Waals surface area contributed by atoms with E-state index in [2.05, 4.69) is 13.8 Å². The van der Waals surface area contributed by atoms with Crippen molar-refractivity contribution in [3.8, 4) is 68.6 Å². The second-order valence-electron chi connectivity index (χ2n) is 11.5. The standard InChI is InChI=1S/C38H46O9/c1-9-11-23-14-27(35(39)29(16-23)42-4)28-15-24(12-10-2)17-34(46-8)38(28)47-33-21-26(20-32(45-7)37(33)41)22(3)13-25-18-30(43-5)36(40)31(19-25)44-6/h14-22,39-41H,9-13H2,1-8H3. The minimum Gasteiger partial charge on any atom is -0.504 e. The molecule has 0 fully saturated rings. The Labute approximate surface area is 277 Å². The molecular formula is C38H46O9. The van der Waals surface area contributed by atoms with Gasteiger partial charge in [0.1, 0.15) is 0 Å². The summed E-state index contributed by atoms with van der Waals surface area (Å²) >= 11 is 0. The van der Waals surface area contributed by atoms with E-state index in [9.17, 15) is 15.3 Å². The normalized spacial score (nSPS) is 11.6. The highest BCUT2D eigenvalue weighted by Crippen LogP contribution is 2.50. The first kappa shape index (κ1) is 34.9. The van der Waals surface area contributed by atoms with Crippen LogP contribution in [0.15, 0.2) is 48.5 Å². The molecule has 3 N–H and O–H groups in total. The van der Waals surface area contributed by atoms with Gasteiger partial charge in [-0.15, -0.1) is 0 Å². The van der Waals surface area contributed by atoms with Gasteiger partial charge in [-0.3, -0.25) is 0 Å². The fourth-order valence-corrected chi connectivity index (χ4v) is 5.78. The van der Waals surface area contributed by atoms with Crippen LogP contribution in [-0.4, -0.2) is 50.9 Å². The summed E-state index contributed by atoms with van der Waals surface area (Å²) in [5.74, 6) is 1.82. The first-order chi connectivity index (χ1) is 22.6. The Balaban J connectivity index is 1.86. The summed E-state index contributed by atoms with van der Waals surface area (Å²) in [6.45, 7) is 6.23. The van der Waals surface area contributed by atoms with Gasteiger partial charge in [0, 0.05) is 11.1 Å². The van der Waals surface area contributed by atoms with Crippen LogP contribution in [0.4, 0.5) is 0 Å². The lowest BCUT2D eigenvalue weighted by atomic mass is 9.92. The van der Waals surface area contributed by atoms with Crippen LogP contribution in [0.1, 0.15) is 61.8 Å². The molecular weight excluding hydrogens is 600 g/mol. The average Bonchev–Trinajstić information content (AvgIpc) is 3.07. The van der Waals surface area contributed by atoms with Crippen LogP contribution in [0.5, 0.6) is 57.5 Å². The van der Waals surface area contributed by atoms with E-state index in [1.807, 2.05) is 31.2 Å². The highest BCUT2D eigenvalue weighted by molar-refractivity contribution is 5.82. The molecule has 0 spiro atoms. The molecule has 0 saturated carbocycles. The lowest BCUT2D eigenvalue weighted by molar-refractivity contribution is 0.339. The van der Waals surface area contributed by atoms with E-state index in [0.717, 1.165) is 47.9 Å². The number of phenols is 3. The molecule has 0 saturated heterocycles. The number of ether oxygens (including phenoxy) is 6. The molecule has 1 atom stereocenters. The molecule has 0 aliphatic rings. The zero-order valence-corrected chi connectivity index (χ0v) is 28.5. The molecule has 0 radical (unpaired) electrons. The van der Waals surface area contributed by atoms with Crippen LogP contribution in [0, 0.1) is 0 Å². The fourth-order valence-electron chi connectivity index (χ4n) is 5.78. The molecule has 0 heterocycles. The summed E-state index contributed by atoms with van der Waals surface area (Å²) in [7, 11) is 7.56. The Morgan fingerprint density at radius 3 is 1.47 bits per heavy atom. The number of benzene rings is 4. The Hall–Kier alpha value is -4.92. The predicted octanol–water partition coefficient (Wildman–Crippen LogP) is 8.56. The topological polar surface area (TPSA) is 116 Å². The van der Waals surface area contributed by atoms with E-state index in [1.54, 1.807) is 31.4 Å². The summed E-state index contributed by atoms with van der Waals surface area (Å²) in [6.07, 6.45) is 3.96. The molecule has 0 aromatic heterocycles. The van der Waals surface area contributed by atoms with E-state index < -0.39 is 0 Å². The zero-order chi connectivity index (χ0) is 34.2. The molecule has 4 aromatic rings. The molecule has 252 valence electrons. The molecule has 9 nitrogen and oxygen atoms in total.